The van der Waals surface area contributed by atoms with Crippen LogP contribution in [0.15, 0.2) is 30.3 Å². The van der Waals surface area contributed by atoms with E-state index in [0.29, 0.717) is 0 Å². The largest absolute Gasteiger partial charge is 0.138 e. The van der Waals surface area contributed by atoms with Crippen molar-refractivity contribution in [2.75, 3.05) is 0 Å². The molecule has 0 aliphatic carbocycles. The van der Waals surface area contributed by atoms with Gasteiger partial charge in [0.2, 0.25) is 0 Å². The van der Waals surface area contributed by atoms with Crippen molar-refractivity contribution < 1.29 is 0 Å². The molecule has 0 aliphatic rings. The molecule has 0 radical (unpaired) electrons. The second-order valence-corrected chi connectivity index (χ2v) is 13.6. The molecule has 0 spiro atoms. The first-order chi connectivity index (χ1) is 8.62. The summed E-state index contributed by atoms with van der Waals surface area (Å²) in [5.41, 5.74) is 4.89. The molecule has 0 unspecified atom stereocenters. The Bertz CT molecular complexity index is 394. The summed E-state index contributed by atoms with van der Waals surface area (Å²) in [4.78, 5) is 0. The van der Waals surface area contributed by atoms with E-state index in [1.807, 2.05) is 0 Å². The smallest absolute Gasteiger partial charge is 0.126 e. The first-order valence-electron chi connectivity index (χ1n) is 7.20. The van der Waals surface area contributed by atoms with Gasteiger partial charge in [0.1, 0.15) is 8.07 Å². The van der Waals surface area contributed by atoms with Crippen molar-refractivity contribution in [2.24, 2.45) is 0 Å². The second kappa shape index (κ2) is 7.61. The van der Waals surface area contributed by atoms with Gasteiger partial charge in [-0.25, -0.2) is 0 Å². The van der Waals surface area contributed by atoms with Gasteiger partial charge in [-0.3, -0.25) is 0 Å². The first-order valence-corrected chi connectivity index (χ1v) is 12.9. The Morgan fingerprint density at radius 1 is 1.06 bits per heavy atom. The van der Waals surface area contributed by atoms with Crippen LogP contribution in [0.3, 0.4) is 0 Å². The fourth-order valence-corrected chi connectivity index (χ4v) is 8.75. The maximum absolute atomic E-state index is 3.72. The Kier molecular flexibility index (Phi) is 6.45. The molecule has 0 atom stereocenters. The van der Waals surface area contributed by atoms with E-state index >= 15 is 0 Å². The van der Waals surface area contributed by atoms with Crippen molar-refractivity contribution in [1.82, 2.24) is 0 Å². The fraction of sp³-hybridized carbons (Fsp3) is 0.500. The maximum Gasteiger partial charge on any atom is 0.138 e. The summed E-state index contributed by atoms with van der Waals surface area (Å²) < 4.78 is 0. The van der Waals surface area contributed by atoms with Crippen LogP contribution in [-0.4, -0.2) is 16.9 Å². The van der Waals surface area contributed by atoms with Gasteiger partial charge < -0.3 is 0 Å². The number of hydrogen-bond donors (Lipinski definition) is 0. The Hall–Kier alpha value is -0.786. The van der Waals surface area contributed by atoms with Gasteiger partial charge >= 0.3 is 0 Å². The van der Waals surface area contributed by atoms with Crippen LogP contribution >= 0.6 is 0 Å². The maximum atomic E-state index is 3.72. The molecule has 1 aromatic carbocycles. The van der Waals surface area contributed by atoms with Crippen LogP contribution in [0, 0.1) is 11.5 Å². The van der Waals surface area contributed by atoms with E-state index < -0.39 is 16.9 Å². The highest BCUT2D eigenvalue weighted by Gasteiger charge is 2.26. The van der Waals surface area contributed by atoms with Gasteiger partial charge in [0.15, 0.2) is 0 Å². The van der Waals surface area contributed by atoms with Crippen LogP contribution in [0.4, 0.5) is 0 Å². The predicted molar refractivity (Wildman–Crippen MR) is 88.5 cm³/mol. The number of hydrogen-bond acceptors (Lipinski definition) is 0. The zero-order valence-electron chi connectivity index (χ0n) is 12.3. The summed E-state index contributed by atoms with van der Waals surface area (Å²) in [6, 6.07) is 16.0. The van der Waals surface area contributed by atoms with Gasteiger partial charge in [-0.15, -0.1) is 5.54 Å². The van der Waals surface area contributed by atoms with Crippen molar-refractivity contribution in [3.05, 3.63) is 35.9 Å². The summed E-state index contributed by atoms with van der Waals surface area (Å²) in [5, 5.41) is 0. The lowest BCUT2D eigenvalue weighted by atomic mass is 10.2. The normalized spacial score (nSPS) is 11.2. The van der Waals surface area contributed by atoms with Crippen LogP contribution in [0.25, 0.3) is 0 Å². The molecule has 0 aromatic heterocycles. The monoisotopic (exact) mass is 274 g/mol. The number of rotatable bonds is 5. The zero-order valence-corrected chi connectivity index (χ0v) is 14.4. The predicted octanol–water partition coefficient (Wildman–Crippen LogP) is 4.55. The van der Waals surface area contributed by atoms with E-state index in [4.69, 9.17) is 0 Å². The summed E-state index contributed by atoms with van der Waals surface area (Å²) >= 11 is 0. The molecule has 0 heterocycles. The molecule has 1 aromatic rings. The highest BCUT2D eigenvalue weighted by Crippen LogP contribution is 2.23. The molecule has 18 heavy (non-hydrogen) atoms. The summed E-state index contributed by atoms with van der Waals surface area (Å²) in [5.74, 6) is 3.44. The van der Waals surface area contributed by atoms with Crippen LogP contribution < -0.4 is 0 Å². The quantitative estimate of drug-likeness (QED) is 0.546. The Labute approximate surface area is 115 Å². The minimum absolute atomic E-state index is 0.430. The average Bonchev–Trinajstić information content (AvgIpc) is 2.41. The lowest BCUT2D eigenvalue weighted by Crippen LogP contribution is -2.31. The minimum Gasteiger partial charge on any atom is -0.126 e. The zero-order chi connectivity index (χ0) is 13.4. The topological polar surface area (TPSA) is 0 Å². The number of benzene rings is 1. The molecule has 0 aliphatic heterocycles. The van der Waals surface area contributed by atoms with E-state index in [0.717, 1.165) is 0 Å². The molecule has 0 N–H and O–H groups in total. The highest BCUT2D eigenvalue weighted by molar-refractivity contribution is 6.88. The molecule has 0 amide bonds. The van der Waals surface area contributed by atoms with Gasteiger partial charge in [0.05, 0.1) is 0 Å². The lowest BCUT2D eigenvalue weighted by Gasteiger charge is -2.23. The third-order valence-electron chi connectivity index (χ3n) is 3.80. The Balaban J connectivity index is 2.82. The summed E-state index contributed by atoms with van der Waals surface area (Å²) in [6.07, 6.45) is 0. The minimum atomic E-state index is -1.32. The third kappa shape index (κ3) is 4.83. The lowest BCUT2D eigenvalue weighted by molar-refractivity contribution is 1.19. The molecule has 0 saturated heterocycles. The van der Waals surface area contributed by atoms with Crippen molar-refractivity contribution in [1.29, 1.82) is 0 Å². The molecule has 98 valence electrons. The van der Waals surface area contributed by atoms with Gasteiger partial charge in [-0.1, -0.05) is 57.1 Å². The average molecular weight is 275 g/mol. The molecule has 0 fully saturated rings. The molecule has 2 heteroatoms. The van der Waals surface area contributed by atoms with Gasteiger partial charge in [-0.05, 0) is 30.3 Å². The Morgan fingerprint density at radius 2 is 1.67 bits per heavy atom. The van der Waals surface area contributed by atoms with Crippen LogP contribution in [-0.2, 0) is 0 Å². The molecule has 0 bridgehead atoms. The SMILES string of the molecule is CC[Si](C#Cc1ccccc1)(CC)CC[SiH](C)C. The van der Waals surface area contributed by atoms with Gasteiger partial charge in [0, 0.05) is 14.4 Å². The highest BCUT2D eigenvalue weighted by atomic mass is 28.3. The van der Waals surface area contributed by atoms with E-state index in [-0.39, 0.29) is 0 Å². The van der Waals surface area contributed by atoms with Crippen LogP contribution in [0.5, 0.6) is 0 Å². The van der Waals surface area contributed by atoms with Gasteiger partial charge in [-0.2, -0.15) is 0 Å². The Morgan fingerprint density at radius 3 is 2.17 bits per heavy atom. The van der Waals surface area contributed by atoms with Crippen molar-refractivity contribution in [3.8, 4) is 11.5 Å². The summed E-state index contributed by atoms with van der Waals surface area (Å²) in [6.45, 7) is 9.60. The van der Waals surface area contributed by atoms with E-state index in [2.05, 4.69) is 68.7 Å². The van der Waals surface area contributed by atoms with Crippen LogP contribution in [0.2, 0.25) is 37.3 Å². The molecule has 0 saturated carbocycles. The molecular formula is C16H26Si2. The second-order valence-electron chi connectivity index (χ2n) is 5.54. The van der Waals surface area contributed by atoms with E-state index in [1.165, 1.54) is 29.7 Å². The van der Waals surface area contributed by atoms with Crippen molar-refractivity contribution >= 4 is 16.9 Å². The molecule has 1 rings (SSSR count). The standard InChI is InChI=1S/C16H26Si2/c1-5-18(6-2,15-13-17(3)4)14-12-16-10-8-7-9-11-16/h7-11,17H,5-6,13,15H2,1-4H3. The summed E-state index contributed by atoms with van der Waals surface area (Å²) in [7, 11) is -1.75. The molecule has 0 nitrogen and oxygen atoms in total. The van der Waals surface area contributed by atoms with Crippen molar-refractivity contribution in [3.63, 3.8) is 0 Å². The first kappa shape index (κ1) is 15.3. The molecular weight excluding hydrogens is 248 g/mol. The fourth-order valence-electron chi connectivity index (χ4n) is 2.13. The van der Waals surface area contributed by atoms with E-state index in [1.54, 1.807) is 0 Å². The van der Waals surface area contributed by atoms with E-state index in [9.17, 15) is 0 Å². The third-order valence-corrected chi connectivity index (χ3v) is 10.4. The van der Waals surface area contributed by atoms with Crippen LogP contribution in [0.1, 0.15) is 19.4 Å². The van der Waals surface area contributed by atoms with Gasteiger partial charge in [0.25, 0.3) is 0 Å². The van der Waals surface area contributed by atoms with Crippen molar-refractivity contribution in [2.45, 2.75) is 51.1 Å².